The lowest BCUT2D eigenvalue weighted by atomic mass is 9.97. The van der Waals surface area contributed by atoms with Crippen molar-refractivity contribution in [3.63, 3.8) is 0 Å². The first-order chi connectivity index (χ1) is 8.84. The van der Waals surface area contributed by atoms with Crippen molar-refractivity contribution in [3.05, 3.63) is 0 Å². The molecule has 1 N–H and O–H groups in total. The fourth-order valence-electron chi connectivity index (χ4n) is 2.14. The van der Waals surface area contributed by atoms with Crippen LogP contribution in [-0.2, 0) is 14.8 Å². The van der Waals surface area contributed by atoms with Gasteiger partial charge in [0.15, 0.2) is 0 Å². The van der Waals surface area contributed by atoms with Crippen molar-refractivity contribution in [2.45, 2.75) is 19.8 Å². The number of amides is 1. The van der Waals surface area contributed by atoms with Gasteiger partial charge in [-0.2, -0.15) is 4.31 Å². The molecule has 0 bridgehead atoms. The van der Waals surface area contributed by atoms with E-state index in [1.165, 1.54) is 7.05 Å². The van der Waals surface area contributed by atoms with E-state index in [1.54, 1.807) is 4.90 Å². The van der Waals surface area contributed by atoms with Gasteiger partial charge < -0.3 is 10.2 Å². The standard InChI is InChI=1S/C12H25N3O3S/c1-4-13-9-11-5-7-15(8-6-11)12(16)10-14(2)19(3,17)18/h11,13H,4-10H2,1-3H3. The molecule has 0 aromatic heterocycles. The number of nitrogens with zero attached hydrogens (tertiary/aromatic N) is 2. The fraction of sp³-hybridized carbons (Fsp3) is 0.917. The van der Waals surface area contributed by atoms with E-state index in [0.29, 0.717) is 5.92 Å². The Balaban J connectivity index is 2.37. The highest BCUT2D eigenvalue weighted by Gasteiger charge is 2.24. The number of sulfonamides is 1. The van der Waals surface area contributed by atoms with E-state index in [1.807, 2.05) is 0 Å². The molecule has 0 aromatic rings. The van der Waals surface area contributed by atoms with Crippen LogP contribution in [0.25, 0.3) is 0 Å². The molecule has 7 heteroatoms. The number of carbonyl (C=O) groups excluding carboxylic acids is 1. The normalized spacial score (nSPS) is 18.0. The summed E-state index contributed by atoms with van der Waals surface area (Å²) in [6.07, 6.45) is 3.09. The van der Waals surface area contributed by atoms with Gasteiger partial charge in [0.2, 0.25) is 15.9 Å². The van der Waals surface area contributed by atoms with Crippen molar-refractivity contribution >= 4 is 15.9 Å². The molecule has 1 fully saturated rings. The number of hydrogen-bond donors (Lipinski definition) is 1. The first-order valence-electron chi connectivity index (χ1n) is 6.74. The molecule has 1 heterocycles. The molecule has 0 spiro atoms. The zero-order chi connectivity index (χ0) is 14.5. The average Bonchev–Trinajstić information content (AvgIpc) is 2.35. The monoisotopic (exact) mass is 291 g/mol. The van der Waals surface area contributed by atoms with Gasteiger partial charge in [0, 0.05) is 20.1 Å². The van der Waals surface area contributed by atoms with Crippen molar-refractivity contribution in [2.75, 3.05) is 46.0 Å². The Labute approximate surface area is 116 Å². The van der Waals surface area contributed by atoms with E-state index in [4.69, 9.17) is 0 Å². The predicted molar refractivity (Wildman–Crippen MR) is 75.3 cm³/mol. The quantitative estimate of drug-likeness (QED) is 0.731. The summed E-state index contributed by atoms with van der Waals surface area (Å²) in [6.45, 7) is 5.45. The number of carbonyl (C=O) groups is 1. The molecular formula is C12H25N3O3S. The van der Waals surface area contributed by atoms with Crippen molar-refractivity contribution in [1.29, 1.82) is 0 Å². The van der Waals surface area contributed by atoms with Crippen LogP contribution in [0.2, 0.25) is 0 Å². The molecule has 0 radical (unpaired) electrons. The first kappa shape index (κ1) is 16.4. The summed E-state index contributed by atoms with van der Waals surface area (Å²) < 4.78 is 23.6. The summed E-state index contributed by atoms with van der Waals surface area (Å²) in [5.74, 6) is 0.520. The minimum Gasteiger partial charge on any atom is -0.342 e. The summed E-state index contributed by atoms with van der Waals surface area (Å²) in [6, 6.07) is 0. The Kier molecular flexibility index (Phi) is 6.22. The van der Waals surface area contributed by atoms with Gasteiger partial charge in [-0.15, -0.1) is 0 Å². The van der Waals surface area contributed by atoms with Crippen molar-refractivity contribution < 1.29 is 13.2 Å². The second-order valence-corrected chi connectivity index (χ2v) is 7.24. The topological polar surface area (TPSA) is 69.7 Å². The van der Waals surface area contributed by atoms with Gasteiger partial charge in [0.25, 0.3) is 0 Å². The molecule has 1 aliphatic heterocycles. The van der Waals surface area contributed by atoms with Crippen LogP contribution in [0.5, 0.6) is 0 Å². The van der Waals surface area contributed by atoms with Gasteiger partial charge in [-0.3, -0.25) is 4.79 Å². The number of likely N-dealkylation sites (tertiary alicyclic amines) is 1. The lowest BCUT2D eigenvalue weighted by Gasteiger charge is -2.32. The Bertz CT molecular complexity index is 389. The van der Waals surface area contributed by atoms with Gasteiger partial charge in [-0.25, -0.2) is 8.42 Å². The maximum atomic E-state index is 12.0. The molecule has 0 atom stereocenters. The smallest absolute Gasteiger partial charge is 0.237 e. The third kappa shape index (κ3) is 5.46. The number of nitrogens with one attached hydrogen (secondary N) is 1. The molecule has 1 amide bonds. The molecule has 0 aliphatic carbocycles. The maximum Gasteiger partial charge on any atom is 0.237 e. The molecule has 0 aromatic carbocycles. The summed E-state index contributed by atoms with van der Waals surface area (Å²) >= 11 is 0. The van der Waals surface area contributed by atoms with Crippen molar-refractivity contribution in [3.8, 4) is 0 Å². The van der Waals surface area contributed by atoms with Gasteiger partial charge in [0.05, 0.1) is 12.8 Å². The number of rotatable bonds is 6. The number of hydrogen-bond acceptors (Lipinski definition) is 4. The maximum absolute atomic E-state index is 12.0. The van der Waals surface area contributed by atoms with Crippen LogP contribution < -0.4 is 5.32 Å². The van der Waals surface area contributed by atoms with E-state index < -0.39 is 10.0 Å². The third-order valence-corrected chi connectivity index (χ3v) is 4.84. The zero-order valence-electron chi connectivity index (χ0n) is 12.1. The summed E-state index contributed by atoms with van der Waals surface area (Å²) in [7, 11) is -1.85. The lowest BCUT2D eigenvalue weighted by Crippen LogP contribution is -2.45. The van der Waals surface area contributed by atoms with Crippen LogP contribution in [0.3, 0.4) is 0 Å². The van der Waals surface area contributed by atoms with Crippen LogP contribution in [0, 0.1) is 5.92 Å². The average molecular weight is 291 g/mol. The van der Waals surface area contributed by atoms with E-state index in [0.717, 1.165) is 49.6 Å². The SMILES string of the molecule is CCNCC1CCN(C(=O)CN(C)S(C)(=O)=O)CC1. The molecule has 6 nitrogen and oxygen atoms in total. The highest BCUT2D eigenvalue weighted by molar-refractivity contribution is 7.88. The van der Waals surface area contributed by atoms with Crippen LogP contribution >= 0.6 is 0 Å². The second kappa shape index (κ2) is 7.21. The molecule has 1 rings (SSSR count). The molecular weight excluding hydrogens is 266 g/mol. The van der Waals surface area contributed by atoms with Gasteiger partial charge in [-0.1, -0.05) is 6.92 Å². The lowest BCUT2D eigenvalue weighted by molar-refractivity contribution is -0.132. The first-order valence-corrected chi connectivity index (χ1v) is 8.59. The minimum atomic E-state index is -3.28. The summed E-state index contributed by atoms with van der Waals surface area (Å²) in [5.41, 5.74) is 0. The van der Waals surface area contributed by atoms with Crippen LogP contribution in [0.1, 0.15) is 19.8 Å². The second-order valence-electron chi connectivity index (χ2n) is 5.15. The van der Waals surface area contributed by atoms with E-state index >= 15 is 0 Å². The summed E-state index contributed by atoms with van der Waals surface area (Å²) in [5, 5.41) is 3.32. The molecule has 0 unspecified atom stereocenters. The minimum absolute atomic E-state index is 0.0588. The number of likely N-dealkylation sites (N-methyl/N-ethyl adjacent to an activating group) is 1. The van der Waals surface area contributed by atoms with E-state index in [-0.39, 0.29) is 12.5 Å². The molecule has 1 saturated heterocycles. The molecule has 0 saturated carbocycles. The Morgan fingerprint density at radius 1 is 1.37 bits per heavy atom. The van der Waals surface area contributed by atoms with Crippen LogP contribution in [-0.4, -0.2) is 69.6 Å². The Hall–Kier alpha value is -0.660. The van der Waals surface area contributed by atoms with E-state index in [9.17, 15) is 13.2 Å². The van der Waals surface area contributed by atoms with E-state index in [2.05, 4.69) is 12.2 Å². The molecule has 1 aliphatic rings. The third-order valence-electron chi connectivity index (χ3n) is 3.57. The fourth-order valence-corrected chi connectivity index (χ4v) is 2.49. The van der Waals surface area contributed by atoms with Crippen LogP contribution in [0.15, 0.2) is 0 Å². The van der Waals surface area contributed by atoms with Crippen LogP contribution in [0.4, 0.5) is 0 Å². The van der Waals surface area contributed by atoms with Crippen molar-refractivity contribution in [1.82, 2.24) is 14.5 Å². The Morgan fingerprint density at radius 3 is 2.42 bits per heavy atom. The molecule has 112 valence electrons. The van der Waals surface area contributed by atoms with Gasteiger partial charge in [-0.05, 0) is 31.8 Å². The summed E-state index contributed by atoms with van der Waals surface area (Å²) in [4.78, 5) is 13.7. The highest BCUT2D eigenvalue weighted by atomic mass is 32.2. The number of piperidine rings is 1. The zero-order valence-corrected chi connectivity index (χ0v) is 12.9. The molecule has 19 heavy (non-hydrogen) atoms. The van der Waals surface area contributed by atoms with Gasteiger partial charge >= 0.3 is 0 Å². The van der Waals surface area contributed by atoms with Crippen molar-refractivity contribution in [2.24, 2.45) is 5.92 Å². The highest BCUT2D eigenvalue weighted by Crippen LogP contribution is 2.16. The van der Waals surface area contributed by atoms with Gasteiger partial charge in [0.1, 0.15) is 0 Å². The Morgan fingerprint density at radius 2 is 1.95 bits per heavy atom. The predicted octanol–water partition coefficient (Wildman–Crippen LogP) is -0.274. The largest absolute Gasteiger partial charge is 0.342 e.